The van der Waals surface area contributed by atoms with Gasteiger partial charge in [0.05, 0.1) is 22.8 Å². The molecule has 0 amide bonds. The van der Waals surface area contributed by atoms with E-state index in [9.17, 15) is 0 Å². The predicted octanol–water partition coefficient (Wildman–Crippen LogP) is 5.57. The first-order chi connectivity index (χ1) is 9.99. The fraction of sp³-hybridized carbons (Fsp3) is 0.0714. The molecule has 0 heterocycles. The van der Waals surface area contributed by atoms with E-state index in [4.69, 9.17) is 40.2 Å². The highest BCUT2D eigenvalue weighted by molar-refractivity contribution is 9.10. The van der Waals surface area contributed by atoms with Crippen molar-refractivity contribution in [1.82, 2.24) is 0 Å². The van der Waals surface area contributed by atoms with Crippen LogP contribution in [-0.2, 0) is 0 Å². The number of hydrogen-bond donors (Lipinski definition) is 2. The van der Waals surface area contributed by atoms with Crippen LogP contribution >= 0.6 is 51.3 Å². The fourth-order valence-corrected chi connectivity index (χ4v) is 2.60. The van der Waals surface area contributed by atoms with Crippen LogP contribution in [0, 0.1) is 0 Å². The number of nitrogens with one attached hydrogen (secondary N) is 2. The van der Waals surface area contributed by atoms with Crippen molar-refractivity contribution in [3.8, 4) is 5.75 Å². The standard InChI is InChI=1S/C14H11BrCl2N2OS/c1-20-13-7-12(10(16)6-11(13)17)19-14(21)18-9-4-2-8(15)3-5-9/h2-7H,1H3,(H2,18,19,21). The Kier molecular flexibility index (Phi) is 5.70. The second-order valence-corrected chi connectivity index (χ2v) is 6.19. The molecule has 0 aliphatic heterocycles. The lowest BCUT2D eigenvalue weighted by atomic mass is 10.3. The fourth-order valence-electron chi connectivity index (χ4n) is 1.60. The van der Waals surface area contributed by atoms with Crippen molar-refractivity contribution < 1.29 is 4.74 Å². The zero-order chi connectivity index (χ0) is 15.4. The number of rotatable bonds is 3. The van der Waals surface area contributed by atoms with Gasteiger partial charge in [0.1, 0.15) is 5.75 Å². The molecule has 0 saturated carbocycles. The van der Waals surface area contributed by atoms with Gasteiger partial charge in [-0.15, -0.1) is 0 Å². The highest BCUT2D eigenvalue weighted by Gasteiger charge is 2.09. The van der Waals surface area contributed by atoms with Gasteiger partial charge in [-0.1, -0.05) is 39.1 Å². The zero-order valence-electron chi connectivity index (χ0n) is 10.9. The molecule has 0 aliphatic rings. The molecule has 0 bridgehead atoms. The first-order valence-corrected chi connectivity index (χ1v) is 7.82. The largest absolute Gasteiger partial charge is 0.495 e. The molecule has 21 heavy (non-hydrogen) atoms. The van der Waals surface area contributed by atoms with Crippen molar-refractivity contribution in [3.05, 3.63) is 50.9 Å². The van der Waals surface area contributed by atoms with E-state index < -0.39 is 0 Å². The van der Waals surface area contributed by atoms with Crippen LogP contribution in [-0.4, -0.2) is 12.2 Å². The van der Waals surface area contributed by atoms with E-state index in [1.807, 2.05) is 24.3 Å². The molecule has 0 fully saturated rings. The first-order valence-electron chi connectivity index (χ1n) is 5.86. The minimum absolute atomic E-state index is 0.420. The molecule has 0 radical (unpaired) electrons. The monoisotopic (exact) mass is 404 g/mol. The Morgan fingerprint density at radius 3 is 2.38 bits per heavy atom. The molecule has 0 aromatic heterocycles. The smallest absolute Gasteiger partial charge is 0.175 e. The Hall–Kier alpha value is -1.01. The average molecular weight is 406 g/mol. The SMILES string of the molecule is COc1cc(NC(=S)Nc2ccc(Br)cc2)c(Cl)cc1Cl. The molecule has 0 spiro atoms. The lowest BCUT2D eigenvalue weighted by molar-refractivity contribution is 0.415. The van der Waals surface area contributed by atoms with Gasteiger partial charge in [-0.3, -0.25) is 0 Å². The van der Waals surface area contributed by atoms with Crippen molar-refractivity contribution in [1.29, 1.82) is 0 Å². The quantitative estimate of drug-likeness (QED) is 0.653. The number of thiocarbonyl (C=S) groups is 1. The van der Waals surface area contributed by atoms with Gasteiger partial charge < -0.3 is 15.4 Å². The van der Waals surface area contributed by atoms with E-state index in [0.29, 0.717) is 26.6 Å². The molecule has 3 nitrogen and oxygen atoms in total. The molecule has 110 valence electrons. The summed E-state index contributed by atoms with van der Waals surface area (Å²) < 4.78 is 6.15. The summed E-state index contributed by atoms with van der Waals surface area (Å²) in [6.07, 6.45) is 0. The van der Waals surface area contributed by atoms with E-state index in [-0.39, 0.29) is 0 Å². The van der Waals surface area contributed by atoms with Gasteiger partial charge in [0.15, 0.2) is 5.11 Å². The lowest BCUT2D eigenvalue weighted by Crippen LogP contribution is -2.19. The second kappa shape index (κ2) is 7.31. The third-order valence-corrected chi connectivity index (χ3v) is 3.93. The van der Waals surface area contributed by atoms with E-state index in [0.717, 1.165) is 10.2 Å². The molecule has 0 atom stereocenters. The number of halogens is 3. The van der Waals surface area contributed by atoms with Crippen LogP contribution in [0.15, 0.2) is 40.9 Å². The molecular formula is C14H11BrCl2N2OS. The summed E-state index contributed by atoms with van der Waals surface area (Å²) in [6.45, 7) is 0. The molecule has 2 aromatic rings. The van der Waals surface area contributed by atoms with Crippen LogP contribution < -0.4 is 15.4 Å². The number of methoxy groups -OCH3 is 1. The number of benzene rings is 2. The van der Waals surface area contributed by atoms with Crippen LogP contribution in [0.2, 0.25) is 10.0 Å². The molecule has 2 N–H and O–H groups in total. The third kappa shape index (κ3) is 4.48. The summed E-state index contributed by atoms with van der Waals surface area (Å²) >= 11 is 20.8. The van der Waals surface area contributed by atoms with Gasteiger partial charge in [-0.2, -0.15) is 0 Å². The van der Waals surface area contributed by atoms with Gasteiger partial charge in [0.2, 0.25) is 0 Å². The van der Waals surface area contributed by atoms with Crippen molar-refractivity contribution in [2.24, 2.45) is 0 Å². The van der Waals surface area contributed by atoms with E-state index in [2.05, 4.69) is 26.6 Å². The van der Waals surface area contributed by atoms with Gasteiger partial charge in [-0.25, -0.2) is 0 Å². The highest BCUT2D eigenvalue weighted by Crippen LogP contribution is 2.34. The topological polar surface area (TPSA) is 33.3 Å². The van der Waals surface area contributed by atoms with Gasteiger partial charge in [0, 0.05) is 16.2 Å². The van der Waals surface area contributed by atoms with Crippen LogP contribution in [0.3, 0.4) is 0 Å². The van der Waals surface area contributed by atoms with Crippen molar-refractivity contribution in [3.63, 3.8) is 0 Å². The molecule has 7 heteroatoms. The van der Waals surface area contributed by atoms with E-state index >= 15 is 0 Å². The van der Waals surface area contributed by atoms with Gasteiger partial charge >= 0.3 is 0 Å². The van der Waals surface area contributed by atoms with Crippen LogP contribution in [0.25, 0.3) is 0 Å². The van der Waals surface area contributed by atoms with Crippen LogP contribution in [0.4, 0.5) is 11.4 Å². The molecule has 2 aromatic carbocycles. The molecule has 0 aliphatic carbocycles. The second-order valence-electron chi connectivity index (χ2n) is 4.05. The van der Waals surface area contributed by atoms with Crippen LogP contribution in [0.5, 0.6) is 5.75 Å². The Bertz CT molecular complexity index is 665. The summed E-state index contributed by atoms with van der Waals surface area (Å²) in [5.74, 6) is 0.523. The van der Waals surface area contributed by atoms with Crippen molar-refractivity contribution in [2.75, 3.05) is 17.7 Å². The maximum Gasteiger partial charge on any atom is 0.175 e. The molecule has 0 saturated heterocycles. The van der Waals surface area contributed by atoms with Crippen molar-refractivity contribution in [2.45, 2.75) is 0 Å². The predicted molar refractivity (Wildman–Crippen MR) is 97.0 cm³/mol. The Morgan fingerprint density at radius 2 is 1.76 bits per heavy atom. The van der Waals surface area contributed by atoms with Gasteiger partial charge in [-0.05, 0) is 42.5 Å². The van der Waals surface area contributed by atoms with Gasteiger partial charge in [0.25, 0.3) is 0 Å². The highest BCUT2D eigenvalue weighted by atomic mass is 79.9. The minimum atomic E-state index is 0.420. The Labute approximate surface area is 146 Å². The van der Waals surface area contributed by atoms with E-state index in [1.54, 1.807) is 12.1 Å². The maximum absolute atomic E-state index is 6.13. The normalized spacial score (nSPS) is 10.1. The Morgan fingerprint density at radius 1 is 1.10 bits per heavy atom. The zero-order valence-corrected chi connectivity index (χ0v) is 14.8. The minimum Gasteiger partial charge on any atom is -0.495 e. The van der Waals surface area contributed by atoms with Crippen molar-refractivity contribution >= 4 is 67.8 Å². The maximum atomic E-state index is 6.13. The lowest BCUT2D eigenvalue weighted by Gasteiger charge is -2.13. The summed E-state index contributed by atoms with van der Waals surface area (Å²) in [6, 6.07) is 10.9. The summed E-state index contributed by atoms with van der Waals surface area (Å²) in [7, 11) is 1.54. The molecule has 2 rings (SSSR count). The summed E-state index contributed by atoms with van der Waals surface area (Å²) in [5.41, 5.74) is 1.49. The summed E-state index contributed by atoms with van der Waals surface area (Å²) in [4.78, 5) is 0. The number of ether oxygens (including phenoxy) is 1. The van der Waals surface area contributed by atoms with E-state index in [1.165, 1.54) is 7.11 Å². The summed E-state index contributed by atoms with van der Waals surface area (Å²) in [5, 5.41) is 7.40. The molecular weight excluding hydrogens is 395 g/mol. The average Bonchev–Trinajstić information content (AvgIpc) is 2.44. The van der Waals surface area contributed by atoms with Crippen LogP contribution in [0.1, 0.15) is 0 Å². The molecule has 0 unspecified atom stereocenters. The third-order valence-electron chi connectivity index (χ3n) is 2.59. The number of hydrogen-bond acceptors (Lipinski definition) is 2. The first kappa shape index (κ1) is 16.4. The number of anilines is 2. The Balaban J connectivity index is 2.10.